The minimum Gasteiger partial charge on any atom is -0.279 e. The second-order valence-corrected chi connectivity index (χ2v) is 2.55. The van der Waals surface area contributed by atoms with Crippen LogP contribution in [0.3, 0.4) is 0 Å². The first kappa shape index (κ1) is 8.79. The topological polar surface area (TPSA) is 68.6 Å². The fraction of sp³-hybridized carbons (Fsp3) is 0. The highest BCUT2D eigenvalue weighted by Gasteiger charge is 2.11. The number of aromatic nitrogens is 1. The maximum Gasteiger partial charge on any atom is 0.372 e. The zero-order valence-corrected chi connectivity index (χ0v) is 7.32. The van der Waals surface area contributed by atoms with Crippen LogP contribution in [0.5, 0.6) is 0 Å². The molecule has 1 rings (SSSR count). The highest BCUT2D eigenvalue weighted by Crippen LogP contribution is 2.13. The van der Waals surface area contributed by atoms with Crippen LogP contribution in [-0.4, -0.2) is 11.0 Å². The van der Waals surface area contributed by atoms with Crippen LogP contribution in [0, 0.1) is 4.91 Å². The van der Waals surface area contributed by atoms with Crippen LogP contribution in [0.4, 0.5) is 0 Å². The molecule has 0 aliphatic rings. The first-order valence-corrected chi connectivity index (χ1v) is 3.69. The van der Waals surface area contributed by atoms with Gasteiger partial charge >= 0.3 is 5.97 Å². The van der Waals surface area contributed by atoms with Gasteiger partial charge in [0.2, 0.25) is 0 Å². The van der Waals surface area contributed by atoms with Crippen molar-refractivity contribution in [2.24, 2.45) is 5.34 Å². The summed E-state index contributed by atoms with van der Waals surface area (Å²) < 4.78 is 0.318. The van der Waals surface area contributed by atoms with Crippen molar-refractivity contribution in [1.82, 2.24) is 4.98 Å². The zero-order chi connectivity index (χ0) is 8.97. The number of rotatable bonds is 2. The van der Waals surface area contributed by atoms with E-state index in [4.69, 9.17) is 0 Å². The van der Waals surface area contributed by atoms with Crippen LogP contribution in [0.25, 0.3) is 0 Å². The van der Waals surface area contributed by atoms with E-state index in [1.807, 2.05) is 5.34 Å². The lowest BCUT2D eigenvalue weighted by atomic mass is 10.3. The number of carbonyl (C=O) groups is 1. The summed E-state index contributed by atoms with van der Waals surface area (Å²) in [5.41, 5.74) is 0.164. The Morgan fingerprint density at radius 2 is 2.42 bits per heavy atom. The molecule has 0 radical (unpaired) electrons. The van der Waals surface area contributed by atoms with E-state index in [9.17, 15) is 9.70 Å². The lowest BCUT2D eigenvalue weighted by molar-refractivity contribution is 0.0506. The predicted octanol–water partition coefficient (Wildman–Crippen LogP) is 1.68. The SMILES string of the molecule is O=NOC(=O)c1cccnc1Br. The number of carbonyl (C=O) groups excluding carboxylic acids is 1. The summed E-state index contributed by atoms with van der Waals surface area (Å²) in [4.78, 5) is 28.1. The minimum atomic E-state index is -0.829. The molecule has 0 N–H and O–H groups in total. The van der Waals surface area contributed by atoms with Crippen LogP contribution in [0.15, 0.2) is 28.3 Å². The molecule has 0 spiro atoms. The van der Waals surface area contributed by atoms with Crippen molar-refractivity contribution in [3.05, 3.63) is 33.4 Å². The van der Waals surface area contributed by atoms with Crippen LogP contribution >= 0.6 is 15.9 Å². The average Bonchev–Trinajstić information content (AvgIpc) is 2.05. The molecule has 0 aliphatic carbocycles. The van der Waals surface area contributed by atoms with Crippen LogP contribution in [0.1, 0.15) is 10.4 Å². The Bertz CT molecular complexity index is 315. The van der Waals surface area contributed by atoms with E-state index < -0.39 is 5.97 Å². The maximum absolute atomic E-state index is 10.9. The Kier molecular flexibility index (Phi) is 2.87. The molecule has 5 nitrogen and oxygen atoms in total. The van der Waals surface area contributed by atoms with Gasteiger partial charge in [0.1, 0.15) is 4.60 Å². The molecule has 1 heterocycles. The molecule has 0 amide bonds. The van der Waals surface area contributed by atoms with E-state index in [2.05, 4.69) is 25.8 Å². The van der Waals surface area contributed by atoms with Gasteiger partial charge in [0, 0.05) is 6.20 Å². The standard InChI is InChI=1S/C6H3BrN2O3/c7-5-4(2-1-3-8-5)6(10)12-9-11/h1-3H. The van der Waals surface area contributed by atoms with Gasteiger partial charge < -0.3 is 0 Å². The van der Waals surface area contributed by atoms with E-state index in [0.29, 0.717) is 4.60 Å². The quantitative estimate of drug-likeness (QED) is 0.441. The molecule has 1 aromatic heterocycles. The van der Waals surface area contributed by atoms with Gasteiger partial charge in [-0.05, 0) is 28.1 Å². The van der Waals surface area contributed by atoms with Crippen molar-refractivity contribution in [2.75, 3.05) is 0 Å². The van der Waals surface area contributed by atoms with Crippen molar-refractivity contribution in [1.29, 1.82) is 0 Å². The average molecular weight is 231 g/mol. The Hall–Kier alpha value is -1.30. The van der Waals surface area contributed by atoms with Gasteiger partial charge in [-0.1, -0.05) is 0 Å². The molecule has 0 aromatic carbocycles. The third-order valence-electron chi connectivity index (χ3n) is 1.10. The Labute approximate surface area is 75.8 Å². The van der Waals surface area contributed by atoms with Gasteiger partial charge in [-0.15, -0.1) is 4.91 Å². The van der Waals surface area contributed by atoms with Gasteiger partial charge in [0.15, 0.2) is 5.34 Å². The summed E-state index contributed by atoms with van der Waals surface area (Å²) in [6.07, 6.45) is 1.50. The number of hydrogen-bond donors (Lipinski definition) is 0. The molecule has 0 fully saturated rings. The molecular weight excluding hydrogens is 228 g/mol. The Morgan fingerprint density at radius 3 is 3.00 bits per heavy atom. The second-order valence-electron chi connectivity index (χ2n) is 1.80. The third kappa shape index (κ3) is 1.85. The molecule has 62 valence electrons. The molecule has 0 aliphatic heterocycles. The van der Waals surface area contributed by atoms with Crippen molar-refractivity contribution < 1.29 is 9.63 Å². The van der Waals surface area contributed by atoms with E-state index in [0.717, 1.165) is 0 Å². The molecule has 0 unspecified atom stereocenters. The van der Waals surface area contributed by atoms with Gasteiger partial charge in [-0.3, -0.25) is 4.84 Å². The van der Waals surface area contributed by atoms with E-state index in [-0.39, 0.29) is 5.56 Å². The summed E-state index contributed by atoms with van der Waals surface area (Å²) in [6, 6.07) is 3.01. The Morgan fingerprint density at radius 1 is 1.67 bits per heavy atom. The normalized spacial score (nSPS) is 9.08. The lowest BCUT2D eigenvalue weighted by Crippen LogP contribution is -2.01. The number of pyridine rings is 1. The van der Waals surface area contributed by atoms with Crippen LogP contribution in [-0.2, 0) is 4.84 Å². The number of halogens is 1. The summed E-state index contributed by atoms with van der Waals surface area (Å²) in [5.74, 6) is -0.829. The fourth-order valence-electron chi connectivity index (χ4n) is 0.621. The predicted molar refractivity (Wildman–Crippen MR) is 43.1 cm³/mol. The van der Waals surface area contributed by atoms with Gasteiger partial charge in [0.25, 0.3) is 0 Å². The van der Waals surface area contributed by atoms with Crippen molar-refractivity contribution in [3.63, 3.8) is 0 Å². The van der Waals surface area contributed by atoms with Crippen molar-refractivity contribution in [2.45, 2.75) is 0 Å². The highest BCUT2D eigenvalue weighted by atomic mass is 79.9. The monoisotopic (exact) mass is 230 g/mol. The molecule has 6 heteroatoms. The highest BCUT2D eigenvalue weighted by molar-refractivity contribution is 9.10. The van der Waals surface area contributed by atoms with E-state index in [1.165, 1.54) is 12.3 Å². The summed E-state index contributed by atoms with van der Waals surface area (Å²) in [7, 11) is 0. The van der Waals surface area contributed by atoms with Gasteiger partial charge in [-0.25, -0.2) is 9.78 Å². The number of nitrogens with zero attached hydrogens (tertiary/aromatic N) is 2. The van der Waals surface area contributed by atoms with Crippen molar-refractivity contribution in [3.8, 4) is 0 Å². The first-order valence-electron chi connectivity index (χ1n) is 2.90. The van der Waals surface area contributed by atoms with E-state index >= 15 is 0 Å². The third-order valence-corrected chi connectivity index (χ3v) is 1.73. The fourth-order valence-corrected chi connectivity index (χ4v) is 1.03. The number of hydrogen-bond acceptors (Lipinski definition) is 5. The summed E-state index contributed by atoms with van der Waals surface area (Å²) >= 11 is 3.01. The van der Waals surface area contributed by atoms with Crippen LogP contribution in [0.2, 0.25) is 0 Å². The first-order chi connectivity index (χ1) is 5.75. The molecule has 12 heavy (non-hydrogen) atoms. The van der Waals surface area contributed by atoms with Crippen LogP contribution < -0.4 is 0 Å². The van der Waals surface area contributed by atoms with Crippen molar-refractivity contribution >= 4 is 21.9 Å². The lowest BCUT2D eigenvalue weighted by Gasteiger charge is -1.96. The minimum absolute atomic E-state index is 0.164. The van der Waals surface area contributed by atoms with Gasteiger partial charge in [0.05, 0.1) is 5.56 Å². The van der Waals surface area contributed by atoms with Gasteiger partial charge in [-0.2, -0.15) is 0 Å². The molecule has 1 aromatic rings. The summed E-state index contributed by atoms with van der Waals surface area (Å²) in [5, 5.41) is 2.00. The van der Waals surface area contributed by atoms with E-state index in [1.54, 1.807) is 6.07 Å². The smallest absolute Gasteiger partial charge is 0.279 e. The molecule has 0 saturated carbocycles. The largest absolute Gasteiger partial charge is 0.372 e. The second kappa shape index (κ2) is 3.91. The molecule has 0 saturated heterocycles. The molecular formula is C6H3BrN2O3. The molecule has 0 atom stereocenters. The summed E-state index contributed by atoms with van der Waals surface area (Å²) in [6.45, 7) is 0. The molecule has 0 bridgehead atoms. The zero-order valence-electron chi connectivity index (χ0n) is 5.73. The maximum atomic E-state index is 10.9. The Balaban J connectivity index is 2.94.